The second-order valence-corrected chi connectivity index (χ2v) is 10.3. The quantitative estimate of drug-likeness (QED) is 0.429. The molecule has 1 saturated carbocycles. The van der Waals surface area contributed by atoms with Crippen LogP contribution in [-0.4, -0.2) is 61.1 Å². The van der Waals surface area contributed by atoms with Gasteiger partial charge in [0.1, 0.15) is 18.5 Å². The second-order valence-electron chi connectivity index (χ2n) is 10.0. The van der Waals surface area contributed by atoms with Gasteiger partial charge in [0.2, 0.25) is 11.8 Å². The molecular weight excluding hydrogens is 508 g/mol. The minimum Gasteiger partial charge on any atom is -0.493 e. The highest BCUT2D eigenvalue weighted by atomic mass is 35.5. The molecule has 0 spiro atoms. The van der Waals surface area contributed by atoms with Gasteiger partial charge in [-0.05, 0) is 56.5 Å². The first-order valence-corrected chi connectivity index (χ1v) is 13.8. The third kappa shape index (κ3) is 6.84. The summed E-state index contributed by atoms with van der Waals surface area (Å²) in [7, 11) is 1.55. The Balaban J connectivity index is 1.66. The molecule has 38 heavy (non-hydrogen) atoms. The van der Waals surface area contributed by atoms with Crippen LogP contribution < -0.4 is 24.3 Å². The molecule has 2 atom stereocenters. The van der Waals surface area contributed by atoms with Crippen LogP contribution in [0.1, 0.15) is 57.6 Å². The fourth-order valence-electron chi connectivity index (χ4n) is 5.01. The number of para-hydroxylation sites is 2. The number of amides is 2. The van der Waals surface area contributed by atoms with Crippen LogP contribution in [0.25, 0.3) is 0 Å². The van der Waals surface area contributed by atoms with Crippen LogP contribution in [0, 0.1) is 0 Å². The number of halogens is 1. The molecule has 2 aromatic rings. The topological polar surface area (TPSA) is 86.3 Å². The van der Waals surface area contributed by atoms with Gasteiger partial charge in [-0.1, -0.05) is 37.5 Å². The maximum Gasteiger partial charge on any atom is 0.247 e. The molecule has 4 rings (SSSR count). The summed E-state index contributed by atoms with van der Waals surface area (Å²) in [4.78, 5) is 28.6. The van der Waals surface area contributed by atoms with Gasteiger partial charge in [0, 0.05) is 6.04 Å². The summed E-state index contributed by atoms with van der Waals surface area (Å²) in [6, 6.07) is 11.8. The van der Waals surface area contributed by atoms with Gasteiger partial charge < -0.3 is 29.2 Å². The van der Waals surface area contributed by atoms with Crippen LogP contribution in [0.5, 0.6) is 23.0 Å². The van der Waals surface area contributed by atoms with E-state index in [9.17, 15) is 9.59 Å². The maximum absolute atomic E-state index is 13.9. The van der Waals surface area contributed by atoms with E-state index in [0.717, 1.165) is 25.7 Å². The van der Waals surface area contributed by atoms with Gasteiger partial charge in [-0.2, -0.15) is 0 Å². The van der Waals surface area contributed by atoms with E-state index in [1.165, 1.54) is 11.3 Å². The van der Waals surface area contributed by atoms with E-state index in [1.54, 1.807) is 25.3 Å². The Labute approximate surface area is 229 Å². The molecule has 0 radical (unpaired) electrons. The SMILES string of the molecule is COc1cc([C@H](C(=O)NC2CCCCC2)N(C[C@H]2COc3ccccc3O2)C(=O)CCl)ccc1OC(C)C. The van der Waals surface area contributed by atoms with Crippen LogP contribution in [-0.2, 0) is 9.59 Å². The van der Waals surface area contributed by atoms with Crippen molar-refractivity contribution < 1.29 is 28.5 Å². The summed E-state index contributed by atoms with van der Waals surface area (Å²) in [6.07, 6.45) is 4.62. The molecule has 0 bridgehead atoms. The number of alkyl halides is 1. The average molecular weight is 545 g/mol. The van der Waals surface area contributed by atoms with E-state index in [4.69, 9.17) is 30.5 Å². The molecule has 1 aliphatic carbocycles. The molecule has 1 N–H and O–H groups in total. The molecule has 0 unspecified atom stereocenters. The van der Waals surface area contributed by atoms with Crippen molar-refractivity contribution in [1.82, 2.24) is 10.2 Å². The molecular formula is C29H37ClN2O6. The van der Waals surface area contributed by atoms with E-state index in [2.05, 4.69) is 5.32 Å². The molecule has 1 aliphatic heterocycles. The monoisotopic (exact) mass is 544 g/mol. The number of nitrogens with zero attached hydrogens (tertiary/aromatic N) is 1. The number of fused-ring (bicyclic) bond motifs is 1. The van der Waals surface area contributed by atoms with Gasteiger partial charge in [-0.25, -0.2) is 0 Å². The number of carbonyl (C=O) groups is 2. The minimum absolute atomic E-state index is 0.0548. The maximum atomic E-state index is 13.9. The fraction of sp³-hybridized carbons (Fsp3) is 0.517. The van der Waals surface area contributed by atoms with Gasteiger partial charge in [0.15, 0.2) is 29.1 Å². The number of carbonyl (C=O) groups excluding carboxylic acids is 2. The van der Waals surface area contributed by atoms with Gasteiger partial charge in [0.25, 0.3) is 0 Å². The van der Waals surface area contributed by atoms with E-state index in [-0.39, 0.29) is 43.0 Å². The van der Waals surface area contributed by atoms with Gasteiger partial charge in [0.05, 0.1) is 19.8 Å². The Hall–Kier alpha value is -3.13. The van der Waals surface area contributed by atoms with E-state index >= 15 is 0 Å². The van der Waals surface area contributed by atoms with Crippen molar-refractivity contribution >= 4 is 23.4 Å². The lowest BCUT2D eigenvalue weighted by atomic mass is 9.94. The molecule has 1 heterocycles. The first-order chi connectivity index (χ1) is 18.4. The summed E-state index contributed by atoms with van der Waals surface area (Å²) >= 11 is 6.07. The van der Waals surface area contributed by atoms with Crippen molar-refractivity contribution in [2.75, 3.05) is 26.1 Å². The summed E-state index contributed by atoms with van der Waals surface area (Å²) in [5.41, 5.74) is 0.599. The lowest BCUT2D eigenvalue weighted by Gasteiger charge is -2.36. The highest BCUT2D eigenvalue weighted by molar-refractivity contribution is 6.27. The lowest BCUT2D eigenvalue weighted by molar-refractivity contribution is -0.141. The first kappa shape index (κ1) is 27.9. The van der Waals surface area contributed by atoms with Crippen LogP contribution >= 0.6 is 11.6 Å². The van der Waals surface area contributed by atoms with Crippen LogP contribution in [0.4, 0.5) is 0 Å². The number of hydrogen-bond acceptors (Lipinski definition) is 6. The average Bonchev–Trinajstić information content (AvgIpc) is 2.93. The number of ether oxygens (including phenoxy) is 4. The zero-order valence-corrected chi connectivity index (χ0v) is 23.0. The fourth-order valence-corrected chi connectivity index (χ4v) is 5.16. The normalized spacial score (nSPS) is 18.0. The largest absolute Gasteiger partial charge is 0.493 e. The molecule has 8 nitrogen and oxygen atoms in total. The Bertz CT molecular complexity index is 1100. The summed E-state index contributed by atoms with van der Waals surface area (Å²) < 4.78 is 23.5. The first-order valence-electron chi connectivity index (χ1n) is 13.3. The molecule has 2 aromatic carbocycles. The molecule has 206 valence electrons. The highest BCUT2D eigenvalue weighted by Crippen LogP contribution is 2.35. The Kier molecular flexibility index (Phi) is 9.61. The molecule has 2 amide bonds. The molecule has 0 saturated heterocycles. The standard InChI is InChI=1S/C29H37ClN2O6/c1-19(2)37-25-14-13-20(15-26(25)35-3)28(29(34)31-21-9-5-4-6-10-21)32(27(33)16-30)17-22-18-36-23-11-7-8-12-24(23)38-22/h7-8,11-15,19,21-22,28H,4-6,9-10,16-18H2,1-3H3,(H,31,34)/t22-,28+/m0/s1. The van der Waals surface area contributed by atoms with Crippen molar-refractivity contribution in [2.45, 2.75) is 70.2 Å². The van der Waals surface area contributed by atoms with Gasteiger partial charge in [-0.15, -0.1) is 11.6 Å². The van der Waals surface area contributed by atoms with E-state index < -0.39 is 12.1 Å². The Morgan fingerprint density at radius 3 is 2.50 bits per heavy atom. The Morgan fingerprint density at radius 1 is 1.08 bits per heavy atom. The molecule has 2 aliphatic rings. The summed E-state index contributed by atoms with van der Waals surface area (Å²) in [5.74, 6) is 1.39. The van der Waals surface area contributed by atoms with Crippen molar-refractivity contribution in [2.24, 2.45) is 0 Å². The Morgan fingerprint density at radius 2 is 1.82 bits per heavy atom. The predicted octanol–water partition coefficient (Wildman–Crippen LogP) is 4.88. The number of benzene rings is 2. The predicted molar refractivity (Wildman–Crippen MR) is 145 cm³/mol. The number of methoxy groups -OCH3 is 1. The van der Waals surface area contributed by atoms with Crippen LogP contribution in [0.2, 0.25) is 0 Å². The molecule has 9 heteroatoms. The van der Waals surface area contributed by atoms with Crippen LogP contribution in [0.3, 0.4) is 0 Å². The van der Waals surface area contributed by atoms with Crippen LogP contribution in [0.15, 0.2) is 42.5 Å². The summed E-state index contributed by atoms with van der Waals surface area (Å²) in [5, 5.41) is 3.19. The van der Waals surface area contributed by atoms with Gasteiger partial charge >= 0.3 is 0 Å². The summed E-state index contributed by atoms with van der Waals surface area (Å²) in [6.45, 7) is 4.22. The van der Waals surface area contributed by atoms with Gasteiger partial charge in [-0.3, -0.25) is 9.59 Å². The third-order valence-corrected chi connectivity index (χ3v) is 7.01. The van der Waals surface area contributed by atoms with E-state index in [1.807, 2.05) is 38.1 Å². The number of rotatable bonds is 10. The number of hydrogen-bond donors (Lipinski definition) is 1. The van der Waals surface area contributed by atoms with Crippen molar-refractivity contribution in [3.63, 3.8) is 0 Å². The highest BCUT2D eigenvalue weighted by Gasteiger charge is 2.36. The zero-order valence-electron chi connectivity index (χ0n) is 22.3. The minimum atomic E-state index is -0.939. The zero-order chi connectivity index (χ0) is 27.1. The smallest absolute Gasteiger partial charge is 0.247 e. The lowest BCUT2D eigenvalue weighted by Crippen LogP contribution is -2.51. The van der Waals surface area contributed by atoms with Crippen molar-refractivity contribution in [3.8, 4) is 23.0 Å². The van der Waals surface area contributed by atoms with E-state index in [0.29, 0.717) is 28.6 Å². The van der Waals surface area contributed by atoms with Crippen molar-refractivity contribution in [3.05, 3.63) is 48.0 Å². The third-order valence-electron chi connectivity index (χ3n) is 6.78. The second kappa shape index (κ2) is 13.1. The molecule has 0 aromatic heterocycles. The number of nitrogens with one attached hydrogen (secondary N) is 1. The molecule has 1 fully saturated rings. The van der Waals surface area contributed by atoms with Crippen molar-refractivity contribution in [1.29, 1.82) is 0 Å².